The van der Waals surface area contributed by atoms with Crippen LogP contribution in [0.1, 0.15) is 28.9 Å². The number of nitrogens with one attached hydrogen (secondary N) is 2. The van der Waals surface area contributed by atoms with Gasteiger partial charge >= 0.3 is 24.1 Å². The SMILES string of the molecule is CCOC(=O)[C@@H]1[C@H](c2ccc(C(=O)OC)cc2)NC(=O)N[C@]1(O)C(F)(F)F. The van der Waals surface area contributed by atoms with Crippen molar-refractivity contribution in [3.05, 3.63) is 35.4 Å². The fourth-order valence-corrected chi connectivity index (χ4v) is 2.76. The van der Waals surface area contributed by atoms with Crippen molar-refractivity contribution in [2.75, 3.05) is 13.7 Å². The molecule has 0 aliphatic carbocycles. The normalized spacial score (nSPS) is 25.2. The van der Waals surface area contributed by atoms with Gasteiger partial charge in [0.15, 0.2) is 0 Å². The standard InChI is InChI=1S/C16H17F3N2O6/c1-3-27-13(23)10-11(8-4-6-9(7-5-8)12(22)26-2)20-14(24)21-15(10,25)16(17,18)19/h4-7,10-11,25H,3H2,1-2H3,(H2,20,21,24)/t10-,11-,15+/m0/s1. The second kappa shape index (κ2) is 7.43. The summed E-state index contributed by atoms with van der Waals surface area (Å²) < 4.78 is 49.7. The zero-order valence-corrected chi connectivity index (χ0v) is 14.3. The smallest absolute Gasteiger partial charge is 0.437 e. The van der Waals surface area contributed by atoms with Crippen molar-refractivity contribution in [3.8, 4) is 0 Å². The molecule has 11 heteroatoms. The third-order valence-electron chi connectivity index (χ3n) is 4.04. The van der Waals surface area contributed by atoms with Crippen LogP contribution in [-0.4, -0.2) is 48.7 Å². The Labute approximate surface area is 151 Å². The van der Waals surface area contributed by atoms with Gasteiger partial charge in [-0.25, -0.2) is 9.59 Å². The molecule has 0 spiro atoms. The third kappa shape index (κ3) is 3.82. The average molecular weight is 390 g/mol. The van der Waals surface area contributed by atoms with E-state index < -0.39 is 41.8 Å². The number of alkyl halides is 3. The summed E-state index contributed by atoms with van der Waals surface area (Å²) in [5.41, 5.74) is -3.67. The third-order valence-corrected chi connectivity index (χ3v) is 4.04. The van der Waals surface area contributed by atoms with Crippen LogP contribution in [0.25, 0.3) is 0 Å². The van der Waals surface area contributed by atoms with Gasteiger partial charge in [0.2, 0.25) is 0 Å². The minimum Gasteiger partial charge on any atom is -0.466 e. The number of halogens is 3. The van der Waals surface area contributed by atoms with E-state index >= 15 is 0 Å². The quantitative estimate of drug-likeness (QED) is 0.667. The zero-order chi connectivity index (χ0) is 20.4. The topological polar surface area (TPSA) is 114 Å². The molecule has 148 valence electrons. The van der Waals surface area contributed by atoms with Crippen LogP contribution < -0.4 is 10.6 Å². The maximum absolute atomic E-state index is 13.5. The second-order valence-corrected chi connectivity index (χ2v) is 5.68. The Kier molecular flexibility index (Phi) is 5.64. The van der Waals surface area contributed by atoms with Gasteiger partial charge in [0.05, 0.1) is 25.3 Å². The Morgan fingerprint density at radius 1 is 1.26 bits per heavy atom. The summed E-state index contributed by atoms with van der Waals surface area (Å²) in [5, 5.41) is 13.7. The second-order valence-electron chi connectivity index (χ2n) is 5.68. The Bertz CT molecular complexity index is 737. The lowest BCUT2D eigenvalue weighted by Crippen LogP contribution is -2.73. The Morgan fingerprint density at radius 3 is 2.33 bits per heavy atom. The van der Waals surface area contributed by atoms with Crippen molar-refractivity contribution in [2.24, 2.45) is 5.92 Å². The summed E-state index contributed by atoms with van der Waals surface area (Å²) >= 11 is 0. The lowest BCUT2D eigenvalue weighted by Gasteiger charge is -2.44. The summed E-state index contributed by atoms with van der Waals surface area (Å²) in [7, 11) is 1.16. The molecule has 1 saturated heterocycles. The van der Waals surface area contributed by atoms with Crippen molar-refractivity contribution >= 4 is 18.0 Å². The van der Waals surface area contributed by atoms with E-state index in [-0.39, 0.29) is 17.7 Å². The van der Waals surface area contributed by atoms with Crippen molar-refractivity contribution in [1.29, 1.82) is 0 Å². The molecule has 2 amide bonds. The van der Waals surface area contributed by atoms with Crippen molar-refractivity contribution < 1.29 is 42.1 Å². The summed E-state index contributed by atoms with van der Waals surface area (Å²) in [6.07, 6.45) is -5.35. The molecule has 1 aromatic rings. The minimum atomic E-state index is -5.35. The number of hydrogen-bond donors (Lipinski definition) is 3. The van der Waals surface area contributed by atoms with Crippen LogP contribution in [0.4, 0.5) is 18.0 Å². The van der Waals surface area contributed by atoms with Gasteiger partial charge in [0.1, 0.15) is 5.92 Å². The average Bonchev–Trinajstić information content (AvgIpc) is 2.59. The van der Waals surface area contributed by atoms with Crippen LogP contribution in [0.3, 0.4) is 0 Å². The van der Waals surface area contributed by atoms with Crippen LogP contribution in [0.15, 0.2) is 24.3 Å². The van der Waals surface area contributed by atoms with Crippen molar-refractivity contribution in [3.63, 3.8) is 0 Å². The van der Waals surface area contributed by atoms with Crippen molar-refractivity contribution in [1.82, 2.24) is 10.6 Å². The molecule has 1 aliphatic heterocycles. The molecule has 0 aromatic heterocycles. The monoisotopic (exact) mass is 390 g/mol. The molecule has 2 rings (SSSR count). The molecule has 8 nitrogen and oxygen atoms in total. The summed E-state index contributed by atoms with van der Waals surface area (Å²) in [6, 6.07) is 2.11. The molecule has 1 aliphatic rings. The molecular formula is C16H17F3N2O6. The maximum Gasteiger partial charge on any atom is 0.437 e. The van der Waals surface area contributed by atoms with E-state index in [0.29, 0.717) is 0 Å². The summed E-state index contributed by atoms with van der Waals surface area (Å²) in [5.74, 6) is -4.25. The Balaban J connectivity index is 2.51. The van der Waals surface area contributed by atoms with Crippen LogP contribution >= 0.6 is 0 Å². The van der Waals surface area contributed by atoms with Crippen LogP contribution in [0, 0.1) is 5.92 Å². The first-order chi connectivity index (χ1) is 12.5. The lowest BCUT2D eigenvalue weighted by molar-refractivity contribution is -0.294. The number of benzene rings is 1. The van der Waals surface area contributed by atoms with Gasteiger partial charge in [-0.05, 0) is 24.6 Å². The number of rotatable bonds is 4. The van der Waals surface area contributed by atoms with Gasteiger partial charge in [-0.1, -0.05) is 12.1 Å². The van der Waals surface area contributed by atoms with E-state index in [1.165, 1.54) is 36.5 Å². The number of esters is 2. The highest BCUT2D eigenvalue weighted by molar-refractivity contribution is 5.89. The highest BCUT2D eigenvalue weighted by atomic mass is 19.4. The molecule has 27 heavy (non-hydrogen) atoms. The summed E-state index contributed by atoms with van der Waals surface area (Å²) in [6.45, 7) is 1.16. The van der Waals surface area contributed by atoms with E-state index in [9.17, 15) is 32.7 Å². The van der Waals surface area contributed by atoms with E-state index in [1.54, 1.807) is 0 Å². The largest absolute Gasteiger partial charge is 0.466 e. The minimum absolute atomic E-state index is 0.0539. The highest BCUT2D eigenvalue weighted by Gasteiger charge is 2.67. The highest BCUT2D eigenvalue weighted by Crippen LogP contribution is 2.43. The van der Waals surface area contributed by atoms with Gasteiger partial charge in [-0.15, -0.1) is 0 Å². The number of amides is 2. The van der Waals surface area contributed by atoms with E-state index in [0.717, 1.165) is 7.11 Å². The number of carbonyl (C=O) groups is 3. The molecule has 1 aromatic carbocycles. The Morgan fingerprint density at radius 2 is 1.85 bits per heavy atom. The lowest BCUT2D eigenvalue weighted by atomic mass is 9.82. The molecule has 3 N–H and O–H groups in total. The molecule has 0 bridgehead atoms. The predicted molar refractivity (Wildman–Crippen MR) is 83.3 cm³/mol. The van der Waals surface area contributed by atoms with Gasteiger partial charge in [-0.3, -0.25) is 4.79 Å². The van der Waals surface area contributed by atoms with Crippen LogP contribution in [-0.2, 0) is 14.3 Å². The number of urea groups is 1. The molecule has 1 fully saturated rings. The van der Waals surface area contributed by atoms with Gasteiger partial charge in [0, 0.05) is 0 Å². The number of ether oxygens (including phenoxy) is 2. The molecule has 0 radical (unpaired) electrons. The fourth-order valence-electron chi connectivity index (χ4n) is 2.76. The van der Waals surface area contributed by atoms with E-state index in [1.807, 2.05) is 0 Å². The molecule has 3 atom stereocenters. The first-order valence-electron chi connectivity index (χ1n) is 7.77. The van der Waals surface area contributed by atoms with E-state index in [4.69, 9.17) is 0 Å². The summed E-state index contributed by atoms with van der Waals surface area (Å²) in [4.78, 5) is 35.5. The number of carbonyl (C=O) groups excluding carboxylic acids is 3. The van der Waals surface area contributed by atoms with Crippen molar-refractivity contribution in [2.45, 2.75) is 24.9 Å². The first kappa shape index (κ1) is 20.5. The maximum atomic E-state index is 13.5. The Hall–Kier alpha value is -2.82. The van der Waals surface area contributed by atoms with Gasteiger partial charge < -0.3 is 25.2 Å². The van der Waals surface area contributed by atoms with Crippen LogP contribution in [0.5, 0.6) is 0 Å². The number of aliphatic hydroxyl groups is 1. The predicted octanol–water partition coefficient (Wildman–Crippen LogP) is 1.26. The van der Waals surface area contributed by atoms with Crippen LogP contribution in [0.2, 0.25) is 0 Å². The number of methoxy groups -OCH3 is 1. The molecule has 0 saturated carbocycles. The fraction of sp³-hybridized carbons (Fsp3) is 0.438. The molecule has 1 heterocycles. The zero-order valence-electron chi connectivity index (χ0n) is 14.3. The first-order valence-corrected chi connectivity index (χ1v) is 7.77. The molecular weight excluding hydrogens is 373 g/mol. The number of hydrogen-bond acceptors (Lipinski definition) is 6. The van der Waals surface area contributed by atoms with E-state index in [2.05, 4.69) is 14.8 Å². The van der Waals surface area contributed by atoms with Gasteiger partial charge in [0.25, 0.3) is 5.72 Å². The van der Waals surface area contributed by atoms with Gasteiger partial charge in [-0.2, -0.15) is 13.2 Å². The molecule has 0 unspecified atom stereocenters.